The molecule has 0 fully saturated rings. The number of ether oxygens (including phenoxy) is 1. The molecule has 2 heterocycles. The minimum atomic E-state index is -0.615. The highest BCUT2D eigenvalue weighted by atomic mass is 32.1. The van der Waals surface area contributed by atoms with Crippen LogP contribution in [0.3, 0.4) is 0 Å². The van der Waals surface area contributed by atoms with E-state index < -0.39 is 11.7 Å². The normalized spacial score (nSPS) is 10.3. The number of nitrogens with zero attached hydrogens (tertiary/aromatic N) is 2. The van der Waals surface area contributed by atoms with Crippen molar-refractivity contribution in [2.75, 3.05) is 17.7 Å². The minimum absolute atomic E-state index is 0.00814. The van der Waals surface area contributed by atoms with Crippen molar-refractivity contribution in [2.24, 2.45) is 0 Å². The fourth-order valence-electron chi connectivity index (χ4n) is 2.25. The maximum absolute atomic E-state index is 13.6. The third-order valence-corrected chi connectivity index (χ3v) is 4.29. The number of rotatable bonds is 6. The Kier molecular flexibility index (Phi) is 5.72. The molecule has 0 bridgehead atoms. The van der Waals surface area contributed by atoms with Gasteiger partial charge in [0.05, 0.1) is 24.8 Å². The Bertz CT molecular complexity index is 977. The van der Waals surface area contributed by atoms with Crippen molar-refractivity contribution in [2.45, 2.75) is 6.42 Å². The molecule has 3 rings (SSSR count). The monoisotopic (exact) mass is 386 g/mol. The van der Waals surface area contributed by atoms with Gasteiger partial charge in [-0.25, -0.2) is 14.4 Å². The van der Waals surface area contributed by atoms with Crippen LogP contribution in [0.15, 0.2) is 48.0 Å². The van der Waals surface area contributed by atoms with Gasteiger partial charge in [-0.05, 0) is 24.3 Å². The third kappa shape index (κ3) is 4.64. The fourth-order valence-corrected chi connectivity index (χ4v) is 2.95. The quantitative estimate of drug-likeness (QED) is 0.679. The predicted molar refractivity (Wildman–Crippen MR) is 99.6 cm³/mol. The van der Waals surface area contributed by atoms with Gasteiger partial charge in [-0.1, -0.05) is 12.1 Å². The summed E-state index contributed by atoms with van der Waals surface area (Å²) in [5, 5.41) is 7.10. The van der Waals surface area contributed by atoms with Gasteiger partial charge in [-0.3, -0.25) is 14.9 Å². The van der Waals surface area contributed by atoms with Gasteiger partial charge in [0.25, 0.3) is 5.91 Å². The summed E-state index contributed by atoms with van der Waals surface area (Å²) in [6.07, 6.45) is 1.53. The van der Waals surface area contributed by atoms with E-state index in [1.807, 2.05) is 0 Å². The molecule has 0 spiro atoms. The predicted octanol–water partition coefficient (Wildman–Crippen LogP) is 3.12. The van der Waals surface area contributed by atoms with E-state index in [0.29, 0.717) is 17.3 Å². The number of anilines is 2. The summed E-state index contributed by atoms with van der Waals surface area (Å²) >= 11 is 1.15. The number of hydrogen-bond donors (Lipinski definition) is 2. The Morgan fingerprint density at radius 3 is 2.78 bits per heavy atom. The van der Waals surface area contributed by atoms with Crippen molar-refractivity contribution < 1.29 is 18.7 Å². The summed E-state index contributed by atoms with van der Waals surface area (Å²) in [6.45, 7) is 0. The number of thiazole rings is 1. The largest absolute Gasteiger partial charge is 0.493 e. The highest BCUT2D eigenvalue weighted by Gasteiger charge is 2.15. The van der Waals surface area contributed by atoms with Crippen molar-refractivity contribution >= 4 is 34.1 Å². The van der Waals surface area contributed by atoms with Gasteiger partial charge >= 0.3 is 0 Å². The molecule has 2 amide bonds. The summed E-state index contributed by atoms with van der Waals surface area (Å²) in [6, 6.07) is 9.04. The number of carbonyl (C=O) groups excluding carboxylic acids is 2. The van der Waals surface area contributed by atoms with Gasteiger partial charge in [-0.15, -0.1) is 11.3 Å². The molecular weight excluding hydrogens is 371 g/mol. The Morgan fingerprint density at radius 2 is 2.00 bits per heavy atom. The van der Waals surface area contributed by atoms with Gasteiger partial charge in [0.2, 0.25) is 5.91 Å². The molecule has 2 aromatic heterocycles. The highest BCUT2D eigenvalue weighted by molar-refractivity contribution is 7.14. The van der Waals surface area contributed by atoms with Gasteiger partial charge in [-0.2, -0.15) is 0 Å². The second kappa shape index (κ2) is 8.37. The van der Waals surface area contributed by atoms with Crippen molar-refractivity contribution in [3.05, 3.63) is 65.0 Å². The molecule has 138 valence electrons. The smallest absolute Gasteiger partial charge is 0.260 e. The third-order valence-electron chi connectivity index (χ3n) is 3.48. The highest BCUT2D eigenvalue weighted by Crippen LogP contribution is 2.21. The molecule has 0 aliphatic carbocycles. The topological polar surface area (TPSA) is 93.2 Å². The molecule has 9 heteroatoms. The molecule has 0 radical (unpaired) electrons. The van der Waals surface area contributed by atoms with Crippen LogP contribution in [0, 0.1) is 5.82 Å². The lowest BCUT2D eigenvalue weighted by Crippen LogP contribution is -2.16. The maximum Gasteiger partial charge on any atom is 0.260 e. The number of halogens is 1. The molecule has 0 atom stereocenters. The van der Waals surface area contributed by atoms with E-state index in [0.717, 1.165) is 11.3 Å². The Hall–Kier alpha value is -3.33. The number of nitrogens with one attached hydrogen (secondary N) is 2. The summed E-state index contributed by atoms with van der Waals surface area (Å²) in [4.78, 5) is 32.5. The van der Waals surface area contributed by atoms with E-state index in [1.54, 1.807) is 23.6 Å². The lowest BCUT2D eigenvalue weighted by atomic mass is 10.2. The van der Waals surface area contributed by atoms with E-state index in [1.165, 1.54) is 31.5 Å². The molecule has 1 aromatic carbocycles. The first-order valence-electron chi connectivity index (χ1n) is 7.86. The number of pyridine rings is 1. The number of methoxy groups -OCH3 is 1. The first kappa shape index (κ1) is 18.5. The van der Waals surface area contributed by atoms with Crippen LogP contribution in [-0.2, 0) is 11.2 Å². The molecule has 0 unspecified atom stereocenters. The van der Waals surface area contributed by atoms with E-state index >= 15 is 0 Å². The van der Waals surface area contributed by atoms with Crippen LogP contribution in [0.4, 0.5) is 15.3 Å². The number of benzene rings is 1. The second-order valence-corrected chi connectivity index (χ2v) is 6.22. The summed E-state index contributed by atoms with van der Waals surface area (Å²) in [5.41, 5.74) is 0.394. The van der Waals surface area contributed by atoms with Crippen LogP contribution in [0.1, 0.15) is 16.1 Å². The van der Waals surface area contributed by atoms with Crippen LogP contribution in [-0.4, -0.2) is 28.9 Å². The molecule has 7 nitrogen and oxygen atoms in total. The van der Waals surface area contributed by atoms with Crippen LogP contribution >= 0.6 is 11.3 Å². The zero-order chi connectivity index (χ0) is 19.2. The van der Waals surface area contributed by atoms with Crippen LogP contribution in [0.25, 0.3) is 0 Å². The zero-order valence-electron chi connectivity index (χ0n) is 14.2. The van der Waals surface area contributed by atoms with Gasteiger partial charge in [0.15, 0.2) is 16.7 Å². The fraction of sp³-hybridized carbons (Fsp3) is 0.111. The van der Waals surface area contributed by atoms with E-state index in [-0.39, 0.29) is 23.0 Å². The first-order valence-corrected chi connectivity index (χ1v) is 8.74. The lowest BCUT2D eigenvalue weighted by Gasteiger charge is -2.07. The first-order chi connectivity index (χ1) is 13.1. The summed E-state index contributed by atoms with van der Waals surface area (Å²) in [7, 11) is 1.48. The van der Waals surface area contributed by atoms with Gasteiger partial charge in [0.1, 0.15) is 5.82 Å². The van der Waals surface area contributed by atoms with Crippen molar-refractivity contribution in [3.8, 4) is 5.75 Å². The SMILES string of the molecule is COc1cccnc1NC(=O)Cc1csc(NC(=O)c2ccccc2F)n1. The average Bonchev–Trinajstić information content (AvgIpc) is 3.09. The molecular formula is C18H15FN4O3S. The van der Waals surface area contributed by atoms with E-state index in [4.69, 9.17) is 4.74 Å². The van der Waals surface area contributed by atoms with E-state index in [9.17, 15) is 14.0 Å². The van der Waals surface area contributed by atoms with Crippen molar-refractivity contribution in [1.82, 2.24) is 9.97 Å². The Morgan fingerprint density at radius 1 is 1.19 bits per heavy atom. The van der Waals surface area contributed by atoms with Crippen LogP contribution in [0.2, 0.25) is 0 Å². The maximum atomic E-state index is 13.6. The summed E-state index contributed by atoms with van der Waals surface area (Å²) < 4.78 is 18.8. The van der Waals surface area contributed by atoms with Gasteiger partial charge in [0, 0.05) is 11.6 Å². The molecule has 2 N–H and O–H groups in total. The Labute approximate surface area is 158 Å². The van der Waals surface area contributed by atoms with Crippen LogP contribution in [0.5, 0.6) is 5.75 Å². The number of aromatic nitrogens is 2. The molecule has 0 aliphatic rings. The Balaban J connectivity index is 1.61. The van der Waals surface area contributed by atoms with Crippen LogP contribution < -0.4 is 15.4 Å². The second-order valence-electron chi connectivity index (χ2n) is 5.36. The number of carbonyl (C=O) groups is 2. The average molecular weight is 386 g/mol. The number of hydrogen-bond acceptors (Lipinski definition) is 6. The zero-order valence-corrected chi connectivity index (χ0v) is 15.0. The van der Waals surface area contributed by atoms with Crippen molar-refractivity contribution in [1.29, 1.82) is 0 Å². The van der Waals surface area contributed by atoms with E-state index in [2.05, 4.69) is 20.6 Å². The number of amides is 2. The summed E-state index contributed by atoms with van der Waals surface area (Å²) in [5.74, 6) is -0.785. The molecule has 0 aliphatic heterocycles. The molecule has 3 aromatic rings. The minimum Gasteiger partial charge on any atom is -0.493 e. The molecule has 0 saturated heterocycles. The van der Waals surface area contributed by atoms with Crippen molar-refractivity contribution in [3.63, 3.8) is 0 Å². The molecule has 27 heavy (non-hydrogen) atoms. The lowest BCUT2D eigenvalue weighted by molar-refractivity contribution is -0.115. The van der Waals surface area contributed by atoms with Gasteiger partial charge < -0.3 is 10.1 Å². The molecule has 0 saturated carbocycles. The standard InChI is InChI=1S/C18H15FN4O3S/c1-26-14-7-4-8-20-16(14)22-15(24)9-11-10-27-18(21-11)23-17(25)12-5-2-3-6-13(12)19/h2-8,10H,9H2,1H3,(H,20,22,24)(H,21,23,25).